The summed E-state index contributed by atoms with van der Waals surface area (Å²) in [5.41, 5.74) is 6.98. The average Bonchev–Trinajstić information content (AvgIpc) is 2.23. The van der Waals surface area contributed by atoms with E-state index in [1.165, 1.54) is 5.69 Å². The molecule has 0 amide bonds. The molecule has 1 aromatic rings. The molecule has 2 rings (SSSR count). The highest BCUT2D eigenvalue weighted by Gasteiger charge is 2.28. The lowest BCUT2D eigenvalue weighted by molar-refractivity contribution is 0.00551. The third-order valence-corrected chi connectivity index (χ3v) is 2.88. The summed E-state index contributed by atoms with van der Waals surface area (Å²) in [5.74, 6) is 0. The normalized spacial score (nSPS) is 18.3. The van der Waals surface area contributed by atoms with Gasteiger partial charge in [-0.3, -0.25) is 0 Å². The lowest BCUT2D eigenvalue weighted by Crippen LogP contribution is -2.54. The molecule has 1 aliphatic heterocycles. The first-order valence-electron chi connectivity index (χ1n) is 5.44. The van der Waals surface area contributed by atoms with Gasteiger partial charge in [-0.2, -0.15) is 0 Å². The van der Waals surface area contributed by atoms with Crippen molar-refractivity contribution in [2.75, 3.05) is 24.7 Å². The number of para-hydroxylation sites is 1. The second-order valence-corrected chi connectivity index (χ2v) is 4.02. The molecule has 0 aliphatic carbocycles. The van der Waals surface area contributed by atoms with Crippen molar-refractivity contribution in [3.8, 4) is 0 Å². The second kappa shape index (κ2) is 4.64. The van der Waals surface area contributed by atoms with Crippen molar-refractivity contribution >= 4 is 5.69 Å². The largest absolute Gasteiger partial charge is 0.377 e. The van der Waals surface area contributed by atoms with Crippen LogP contribution in [0.3, 0.4) is 0 Å². The van der Waals surface area contributed by atoms with Gasteiger partial charge in [0.15, 0.2) is 0 Å². The molecule has 0 saturated carbocycles. The van der Waals surface area contributed by atoms with Crippen LogP contribution < -0.4 is 10.6 Å². The third-order valence-electron chi connectivity index (χ3n) is 2.88. The van der Waals surface area contributed by atoms with E-state index in [2.05, 4.69) is 36.1 Å². The van der Waals surface area contributed by atoms with E-state index in [9.17, 15) is 0 Å². The Morgan fingerprint density at radius 2 is 2.07 bits per heavy atom. The minimum atomic E-state index is 0.362. The molecular weight excluding hydrogens is 188 g/mol. The van der Waals surface area contributed by atoms with Crippen molar-refractivity contribution in [1.29, 1.82) is 0 Å². The van der Waals surface area contributed by atoms with Gasteiger partial charge >= 0.3 is 0 Å². The van der Waals surface area contributed by atoms with Gasteiger partial charge in [-0.05, 0) is 19.1 Å². The number of nitrogens with zero attached hydrogens (tertiary/aromatic N) is 1. The number of ether oxygens (including phenoxy) is 1. The van der Waals surface area contributed by atoms with E-state index in [1.54, 1.807) is 0 Å². The van der Waals surface area contributed by atoms with Crippen LogP contribution in [0.2, 0.25) is 0 Å². The standard InChI is InChI=1S/C12H18N2O/c1-10(7-13)14(12-8-15-9-12)11-5-3-2-4-6-11/h2-6,10,12H,7-9,13H2,1H3. The predicted octanol–water partition coefficient (Wildman–Crippen LogP) is 1.24. The van der Waals surface area contributed by atoms with Gasteiger partial charge in [-0.25, -0.2) is 0 Å². The second-order valence-electron chi connectivity index (χ2n) is 4.02. The highest BCUT2D eigenvalue weighted by Crippen LogP contribution is 2.23. The number of nitrogens with two attached hydrogens (primary N) is 1. The zero-order chi connectivity index (χ0) is 10.7. The Morgan fingerprint density at radius 1 is 1.40 bits per heavy atom. The van der Waals surface area contributed by atoms with Gasteiger partial charge in [0.05, 0.1) is 19.3 Å². The Kier molecular flexibility index (Phi) is 3.23. The summed E-state index contributed by atoms with van der Waals surface area (Å²) in [4.78, 5) is 2.36. The topological polar surface area (TPSA) is 38.5 Å². The smallest absolute Gasteiger partial charge is 0.0760 e. The first-order chi connectivity index (χ1) is 7.33. The van der Waals surface area contributed by atoms with Crippen molar-refractivity contribution in [2.24, 2.45) is 5.73 Å². The van der Waals surface area contributed by atoms with Gasteiger partial charge in [-0.15, -0.1) is 0 Å². The molecule has 15 heavy (non-hydrogen) atoms. The maximum Gasteiger partial charge on any atom is 0.0760 e. The quantitative estimate of drug-likeness (QED) is 0.805. The molecular formula is C12H18N2O. The van der Waals surface area contributed by atoms with Crippen molar-refractivity contribution in [3.63, 3.8) is 0 Å². The maximum atomic E-state index is 5.74. The van der Waals surface area contributed by atoms with Crippen LogP contribution in [0.4, 0.5) is 5.69 Å². The van der Waals surface area contributed by atoms with Gasteiger partial charge in [-0.1, -0.05) is 18.2 Å². The van der Waals surface area contributed by atoms with Gasteiger partial charge in [0.2, 0.25) is 0 Å². The van der Waals surface area contributed by atoms with E-state index in [0.29, 0.717) is 18.6 Å². The first kappa shape index (κ1) is 10.5. The molecule has 0 bridgehead atoms. The zero-order valence-corrected chi connectivity index (χ0v) is 9.10. The van der Waals surface area contributed by atoms with Crippen LogP contribution in [-0.2, 0) is 4.74 Å². The number of benzene rings is 1. The van der Waals surface area contributed by atoms with E-state index in [-0.39, 0.29) is 0 Å². The Morgan fingerprint density at radius 3 is 2.53 bits per heavy atom. The molecule has 0 spiro atoms. The summed E-state index contributed by atoms with van der Waals surface area (Å²) in [6, 6.07) is 11.3. The summed E-state index contributed by atoms with van der Waals surface area (Å²) < 4.78 is 5.25. The molecule has 3 nitrogen and oxygen atoms in total. The van der Waals surface area contributed by atoms with Crippen LogP contribution in [0.15, 0.2) is 30.3 Å². The summed E-state index contributed by atoms with van der Waals surface area (Å²) in [5, 5.41) is 0. The molecule has 1 fully saturated rings. The monoisotopic (exact) mass is 206 g/mol. The molecule has 1 heterocycles. The number of hydrogen-bond donors (Lipinski definition) is 1. The van der Waals surface area contributed by atoms with Gasteiger partial charge < -0.3 is 15.4 Å². The van der Waals surface area contributed by atoms with Crippen LogP contribution in [0.1, 0.15) is 6.92 Å². The fourth-order valence-corrected chi connectivity index (χ4v) is 1.92. The van der Waals surface area contributed by atoms with Crippen LogP contribution in [0, 0.1) is 0 Å². The minimum absolute atomic E-state index is 0.362. The molecule has 0 aromatic heterocycles. The number of anilines is 1. The highest BCUT2D eigenvalue weighted by atomic mass is 16.5. The Hall–Kier alpha value is -1.06. The molecule has 1 atom stereocenters. The number of hydrogen-bond acceptors (Lipinski definition) is 3. The van der Waals surface area contributed by atoms with Crippen molar-refractivity contribution < 1.29 is 4.74 Å². The zero-order valence-electron chi connectivity index (χ0n) is 9.10. The van der Waals surface area contributed by atoms with E-state index < -0.39 is 0 Å². The van der Waals surface area contributed by atoms with E-state index in [4.69, 9.17) is 10.5 Å². The molecule has 2 N–H and O–H groups in total. The summed E-state index contributed by atoms with van der Waals surface area (Å²) in [7, 11) is 0. The van der Waals surface area contributed by atoms with E-state index in [1.807, 2.05) is 6.07 Å². The lowest BCUT2D eigenvalue weighted by Gasteiger charge is -2.42. The molecule has 82 valence electrons. The van der Waals surface area contributed by atoms with Crippen molar-refractivity contribution in [2.45, 2.75) is 19.0 Å². The van der Waals surface area contributed by atoms with Crippen LogP contribution in [-0.4, -0.2) is 31.8 Å². The molecule has 3 heteroatoms. The predicted molar refractivity (Wildman–Crippen MR) is 62.0 cm³/mol. The van der Waals surface area contributed by atoms with Gasteiger partial charge in [0.25, 0.3) is 0 Å². The first-order valence-corrected chi connectivity index (χ1v) is 5.44. The Labute approximate surface area is 90.8 Å². The summed E-state index contributed by atoms with van der Waals surface area (Å²) in [6.07, 6.45) is 0. The molecule has 1 saturated heterocycles. The average molecular weight is 206 g/mol. The fraction of sp³-hybridized carbons (Fsp3) is 0.500. The molecule has 1 aliphatic rings. The Balaban J connectivity index is 2.18. The molecule has 0 radical (unpaired) electrons. The third kappa shape index (κ3) is 2.13. The maximum absolute atomic E-state index is 5.74. The number of rotatable bonds is 4. The fourth-order valence-electron chi connectivity index (χ4n) is 1.92. The van der Waals surface area contributed by atoms with Gasteiger partial charge in [0.1, 0.15) is 0 Å². The SMILES string of the molecule is CC(CN)N(c1ccccc1)C1COC1. The van der Waals surface area contributed by atoms with Gasteiger partial charge in [0, 0.05) is 18.3 Å². The molecule has 1 aromatic carbocycles. The highest BCUT2D eigenvalue weighted by molar-refractivity contribution is 5.48. The van der Waals surface area contributed by atoms with Crippen molar-refractivity contribution in [1.82, 2.24) is 0 Å². The summed E-state index contributed by atoms with van der Waals surface area (Å²) >= 11 is 0. The Bertz CT molecular complexity index is 293. The van der Waals surface area contributed by atoms with E-state index in [0.717, 1.165) is 13.2 Å². The van der Waals surface area contributed by atoms with E-state index >= 15 is 0 Å². The lowest BCUT2D eigenvalue weighted by atomic mass is 10.1. The van der Waals surface area contributed by atoms with Crippen LogP contribution in [0.25, 0.3) is 0 Å². The van der Waals surface area contributed by atoms with Crippen molar-refractivity contribution in [3.05, 3.63) is 30.3 Å². The molecule has 1 unspecified atom stereocenters. The minimum Gasteiger partial charge on any atom is -0.377 e. The van der Waals surface area contributed by atoms with Crippen LogP contribution >= 0.6 is 0 Å². The summed E-state index contributed by atoms with van der Waals surface area (Å²) in [6.45, 7) is 4.47. The van der Waals surface area contributed by atoms with Crippen LogP contribution in [0.5, 0.6) is 0 Å².